The van der Waals surface area contributed by atoms with Gasteiger partial charge >= 0.3 is 0 Å². The van der Waals surface area contributed by atoms with Crippen molar-refractivity contribution in [2.24, 2.45) is 0 Å². The first-order valence-electron chi connectivity index (χ1n) is 7.06. The third kappa shape index (κ3) is 1.80. The van der Waals surface area contributed by atoms with Crippen LogP contribution in [-0.4, -0.2) is 7.05 Å². The van der Waals surface area contributed by atoms with Crippen molar-refractivity contribution in [3.05, 3.63) is 46.1 Å². The maximum Gasteiger partial charge on any atom is 0.149 e. The molecule has 0 atom stereocenters. The molecule has 102 valence electrons. The lowest BCUT2D eigenvalue weighted by atomic mass is 10.0. The molecule has 1 aliphatic carbocycles. The topological polar surface area (TPSA) is 25.2 Å². The maximum absolute atomic E-state index is 6.17. The fraction of sp³-hybridized carbons (Fsp3) is 0.294. The highest BCUT2D eigenvalue weighted by molar-refractivity contribution is 9.10. The van der Waals surface area contributed by atoms with Crippen LogP contribution in [0.5, 0.6) is 0 Å². The molecular formula is C17H16BrNO. The van der Waals surface area contributed by atoms with Gasteiger partial charge in [0.05, 0.1) is 11.0 Å². The van der Waals surface area contributed by atoms with E-state index in [4.69, 9.17) is 4.42 Å². The van der Waals surface area contributed by atoms with Crippen molar-refractivity contribution >= 4 is 37.7 Å². The predicted molar refractivity (Wildman–Crippen MR) is 86.2 cm³/mol. The second kappa shape index (κ2) is 4.61. The summed E-state index contributed by atoms with van der Waals surface area (Å²) in [6.07, 6.45) is 2.57. The summed E-state index contributed by atoms with van der Waals surface area (Å²) in [7, 11) is 1.97. The van der Waals surface area contributed by atoms with Gasteiger partial charge in [-0.3, -0.25) is 0 Å². The molecule has 0 spiro atoms. The van der Waals surface area contributed by atoms with Gasteiger partial charge in [0.1, 0.15) is 11.3 Å². The van der Waals surface area contributed by atoms with Crippen LogP contribution in [0.2, 0.25) is 0 Å². The van der Waals surface area contributed by atoms with E-state index in [2.05, 4.69) is 51.6 Å². The van der Waals surface area contributed by atoms with Crippen molar-refractivity contribution in [2.45, 2.75) is 25.3 Å². The quantitative estimate of drug-likeness (QED) is 0.735. The molecule has 0 aliphatic heterocycles. The molecule has 1 aliphatic rings. The van der Waals surface area contributed by atoms with E-state index in [1.165, 1.54) is 34.6 Å². The molecule has 0 radical (unpaired) electrons. The number of rotatable bonds is 3. The smallest absolute Gasteiger partial charge is 0.149 e. The Bertz CT molecular complexity index is 801. The molecular weight excluding hydrogens is 314 g/mol. The lowest BCUT2D eigenvalue weighted by molar-refractivity contribution is 0.523. The Balaban J connectivity index is 2.09. The summed E-state index contributed by atoms with van der Waals surface area (Å²) in [4.78, 5) is 0. The van der Waals surface area contributed by atoms with E-state index in [0.29, 0.717) is 5.92 Å². The number of hydrogen-bond acceptors (Lipinski definition) is 2. The van der Waals surface area contributed by atoms with Crippen molar-refractivity contribution in [3.63, 3.8) is 0 Å². The van der Waals surface area contributed by atoms with Crippen LogP contribution in [-0.2, 0) is 6.54 Å². The van der Waals surface area contributed by atoms with E-state index in [0.717, 1.165) is 22.4 Å². The highest BCUT2D eigenvalue weighted by atomic mass is 79.9. The zero-order chi connectivity index (χ0) is 13.7. The van der Waals surface area contributed by atoms with Gasteiger partial charge in [-0.15, -0.1) is 0 Å². The lowest BCUT2D eigenvalue weighted by Crippen LogP contribution is -2.05. The summed E-state index contributed by atoms with van der Waals surface area (Å²) in [6, 6.07) is 10.7. The first-order chi connectivity index (χ1) is 9.79. The van der Waals surface area contributed by atoms with E-state index in [1.54, 1.807) is 0 Å². The van der Waals surface area contributed by atoms with Crippen LogP contribution >= 0.6 is 15.9 Å². The number of fused-ring (bicyclic) bond motifs is 2. The van der Waals surface area contributed by atoms with E-state index in [1.807, 2.05) is 7.05 Å². The van der Waals surface area contributed by atoms with Crippen LogP contribution in [0, 0.1) is 0 Å². The monoisotopic (exact) mass is 329 g/mol. The minimum atomic E-state index is 0.688. The normalized spacial score (nSPS) is 15.3. The fourth-order valence-corrected chi connectivity index (χ4v) is 3.68. The molecule has 2 aromatic carbocycles. The fourth-order valence-electron chi connectivity index (χ4n) is 3.02. The molecule has 1 aromatic heterocycles. The summed E-state index contributed by atoms with van der Waals surface area (Å²) in [5.41, 5.74) is 2.41. The Labute approximate surface area is 126 Å². The SMILES string of the molecule is CNCc1oc2c(Br)c3ccccc3cc2c1C1CC1. The molecule has 0 unspecified atom stereocenters. The van der Waals surface area contributed by atoms with Gasteiger partial charge < -0.3 is 9.73 Å². The molecule has 1 N–H and O–H groups in total. The van der Waals surface area contributed by atoms with Gasteiger partial charge in [0.15, 0.2) is 0 Å². The van der Waals surface area contributed by atoms with Crippen LogP contribution in [0.1, 0.15) is 30.1 Å². The number of furan rings is 1. The Hall–Kier alpha value is -1.32. The van der Waals surface area contributed by atoms with Crippen LogP contribution in [0.4, 0.5) is 0 Å². The molecule has 1 fully saturated rings. The Morgan fingerprint density at radius 3 is 2.80 bits per heavy atom. The summed E-state index contributed by atoms with van der Waals surface area (Å²) in [5.74, 6) is 1.79. The van der Waals surface area contributed by atoms with Crippen molar-refractivity contribution < 1.29 is 4.42 Å². The van der Waals surface area contributed by atoms with E-state index in [-0.39, 0.29) is 0 Å². The van der Waals surface area contributed by atoms with Crippen LogP contribution in [0.15, 0.2) is 39.2 Å². The number of nitrogens with one attached hydrogen (secondary N) is 1. The molecule has 4 rings (SSSR count). The van der Waals surface area contributed by atoms with Gasteiger partial charge in [0.25, 0.3) is 0 Å². The zero-order valence-corrected chi connectivity index (χ0v) is 13.0. The first kappa shape index (κ1) is 12.4. The predicted octanol–water partition coefficient (Wildman–Crippen LogP) is 4.95. The van der Waals surface area contributed by atoms with Gasteiger partial charge in [-0.05, 0) is 58.6 Å². The standard InChI is InChI=1S/C17H16BrNO/c1-19-9-14-15(10-6-7-10)13-8-11-4-2-3-5-12(11)16(18)17(13)20-14/h2-5,8,10,19H,6-7,9H2,1H3. The number of halogens is 1. The molecule has 0 saturated heterocycles. The second-order valence-corrected chi connectivity index (χ2v) is 6.32. The molecule has 0 bridgehead atoms. The van der Waals surface area contributed by atoms with Gasteiger partial charge in [0, 0.05) is 10.9 Å². The Morgan fingerprint density at radius 1 is 1.25 bits per heavy atom. The average molecular weight is 330 g/mol. The highest BCUT2D eigenvalue weighted by Gasteiger charge is 2.31. The molecule has 3 aromatic rings. The minimum Gasteiger partial charge on any atom is -0.458 e. The summed E-state index contributed by atoms with van der Waals surface area (Å²) in [6.45, 7) is 0.795. The van der Waals surface area contributed by atoms with Crippen molar-refractivity contribution in [1.29, 1.82) is 0 Å². The van der Waals surface area contributed by atoms with Crippen LogP contribution in [0.25, 0.3) is 21.7 Å². The van der Waals surface area contributed by atoms with Gasteiger partial charge in [-0.1, -0.05) is 24.3 Å². The first-order valence-corrected chi connectivity index (χ1v) is 7.86. The van der Waals surface area contributed by atoms with Crippen molar-refractivity contribution in [2.75, 3.05) is 7.05 Å². The Morgan fingerprint density at radius 2 is 2.05 bits per heavy atom. The molecule has 0 amide bonds. The number of hydrogen-bond donors (Lipinski definition) is 1. The molecule has 20 heavy (non-hydrogen) atoms. The Kier molecular flexibility index (Phi) is 2.86. The summed E-state index contributed by atoms with van der Waals surface area (Å²) >= 11 is 3.74. The lowest BCUT2D eigenvalue weighted by Gasteiger charge is -2.02. The minimum absolute atomic E-state index is 0.688. The summed E-state index contributed by atoms with van der Waals surface area (Å²) in [5, 5.41) is 6.98. The van der Waals surface area contributed by atoms with E-state index < -0.39 is 0 Å². The van der Waals surface area contributed by atoms with Crippen LogP contribution in [0.3, 0.4) is 0 Å². The van der Waals surface area contributed by atoms with Gasteiger partial charge in [-0.2, -0.15) is 0 Å². The third-order valence-electron chi connectivity index (χ3n) is 4.08. The van der Waals surface area contributed by atoms with Gasteiger partial charge in [0.2, 0.25) is 0 Å². The largest absolute Gasteiger partial charge is 0.458 e. The average Bonchev–Trinajstić information content (AvgIpc) is 3.22. The van der Waals surface area contributed by atoms with E-state index >= 15 is 0 Å². The molecule has 1 saturated carbocycles. The van der Waals surface area contributed by atoms with Crippen LogP contribution < -0.4 is 5.32 Å². The van der Waals surface area contributed by atoms with Crippen molar-refractivity contribution in [3.8, 4) is 0 Å². The number of benzene rings is 2. The van der Waals surface area contributed by atoms with E-state index in [9.17, 15) is 0 Å². The third-order valence-corrected chi connectivity index (χ3v) is 4.87. The highest BCUT2D eigenvalue weighted by Crippen LogP contribution is 2.48. The van der Waals surface area contributed by atoms with Crippen molar-refractivity contribution in [1.82, 2.24) is 5.32 Å². The molecule has 3 heteroatoms. The molecule has 2 nitrogen and oxygen atoms in total. The van der Waals surface area contributed by atoms with Gasteiger partial charge in [-0.25, -0.2) is 0 Å². The zero-order valence-electron chi connectivity index (χ0n) is 11.4. The summed E-state index contributed by atoms with van der Waals surface area (Å²) < 4.78 is 7.25. The molecule has 1 heterocycles. The maximum atomic E-state index is 6.17. The second-order valence-electron chi connectivity index (χ2n) is 5.53.